The molecule has 0 spiro atoms. The standard InChI is InChI=1S/C20H23NO3S/c1-16-7-11-20(12-8-16)25(23,24)21(14-17-5-3-2-4-6-17)19-10-9-18(13-19)15-22/h2-8,11-12,15,18-19H,9-10,13-14H2,1H3/t18-,19-/m0/s1. The van der Waals surface area contributed by atoms with Crippen molar-refractivity contribution >= 4 is 16.3 Å². The minimum absolute atomic E-state index is 0.0449. The maximum atomic E-state index is 13.3. The first-order valence-corrected chi connectivity index (χ1v) is 10.0. The third kappa shape index (κ3) is 3.99. The molecule has 0 heterocycles. The Morgan fingerprint density at radius 1 is 1.04 bits per heavy atom. The topological polar surface area (TPSA) is 54.5 Å². The van der Waals surface area contributed by atoms with Gasteiger partial charge in [-0.15, -0.1) is 0 Å². The van der Waals surface area contributed by atoms with Gasteiger partial charge in [-0.25, -0.2) is 8.42 Å². The summed E-state index contributed by atoms with van der Waals surface area (Å²) in [6.07, 6.45) is 3.03. The van der Waals surface area contributed by atoms with Gasteiger partial charge < -0.3 is 4.79 Å². The lowest BCUT2D eigenvalue weighted by Gasteiger charge is -2.28. The lowest BCUT2D eigenvalue weighted by Crippen LogP contribution is -2.38. The maximum Gasteiger partial charge on any atom is 0.243 e. The van der Waals surface area contributed by atoms with E-state index in [1.807, 2.05) is 49.4 Å². The Bertz CT molecular complexity index is 816. The number of aldehydes is 1. The largest absolute Gasteiger partial charge is 0.303 e. The molecule has 2 aromatic carbocycles. The zero-order valence-electron chi connectivity index (χ0n) is 14.3. The van der Waals surface area contributed by atoms with E-state index < -0.39 is 10.0 Å². The van der Waals surface area contributed by atoms with Gasteiger partial charge in [-0.3, -0.25) is 0 Å². The molecule has 2 aromatic rings. The van der Waals surface area contributed by atoms with Crippen molar-refractivity contribution in [1.29, 1.82) is 0 Å². The van der Waals surface area contributed by atoms with Crippen molar-refractivity contribution in [1.82, 2.24) is 4.31 Å². The fourth-order valence-electron chi connectivity index (χ4n) is 3.40. The summed E-state index contributed by atoms with van der Waals surface area (Å²) >= 11 is 0. The molecule has 1 aliphatic carbocycles. The molecule has 2 atom stereocenters. The van der Waals surface area contributed by atoms with Crippen LogP contribution in [0.2, 0.25) is 0 Å². The molecule has 0 aliphatic heterocycles. The summed E-state index contributed by atoms with van der Waals surface area (Å²) in [7, 11) is -3.61. The van der Waals surface area contributed by atoms with Crippen LogP contribution in [-0.2, 0) is 21.4 Å². The van der Waals surface area contributed by atoms with Crippen LogP contribution in [0.25, 0.3) is 0 Å². The summed E-state index contributed by atoms with van der Waals surface area (Å²) in [6.45, 7) is 2.26. The highest BCUT2D eigenvalue weighted by Crippen LogP contribution is 2.33. The summed E-state index contributed by atoms with van der Waals surface area (Å²) < 4.78 is 28.1. The minimum atomic E-state index is -3.61. The van der Waals surface area contributed by atoms with Crippen LogP contribution in [-0.4, -0.2) is 25.1 Å². The average Bonchev–Trinajstić information content (AvgIpc) is 3.09. The molecule has 0 unspecified atom stereocenters. The number of hydrogen-bond donors (Lipinski definition) is 0. The van der Waals surface area contributed by atoms with Crippen molar-refractivity contribution in [3.63, 3.8) is 0 Å². The molecule has 1 fully saturated rings. The van der Waals surface area contributed by atoms with Crippen LogP contribution in [0.5, 0.6) is 0 Å². The summed E-state index contributed by atoms with van der Waals surface area (Å²) in [5.41, 5.74) is 1.98. The minimum Gasteiger partial charge on any atom is -0.303 e. The number of sulfonamides is 1. The summed E-state index contributed by atoms with van der Waals surface area (Å²) in [5.74, 6) is -0.0449. The molecule has 25 heavy (non-hydrogen) atoms. The smallest absolute Gasteiger partial charge is 0.243 e. The third-order valence-corrected chi connectivity index (χ3v) is 6.77. The molecule has 0 saturated heterocycles. The van der Waals surface area contributed by atoms with E-state index in [1.54, 1.807) is 16.4 Å². The van der Waals surface area contributed by atoms with Gasteiger partial charge in [0.15, 0.2) is 0 Å². The van der Waals surface area contributed by atoms with Crippen LogP contribution in [0.15, 0.2) is 59.5 Å². The second kappa shape index (κ2) is 7.50. The number of carbonyl (C=O) groups is 1. The van der Waals surface area contributed by atoms with E-state index in [0.717, 1.165) is 30.3 Å². The molecular formula is C20H23NO3S. The van der Waals surface area contributed by atoms with Crippen LogP contribution >= 0.6 is 0 Å². The van der Waals surface area contributed by atoms with Crippen molar-refractivity contribution in [3.8, 4) is 0 Å². The highest BCUT2D eigenvalue weighted by atomic mass is 32.2. The molecule has 1 saturated carbocycles. The number of carbonyl (C=O) groups excluding carboxylic acids is 1. The molecule has 0 N–H and O–H groups in total. The average molecular weight is 357 g/mol. The molecule has 132 valence electrons. The van der Waals surface area contributed by atoms with Gasteiger partial charge in [-0.1, -0.05) is 48.0 Å². The first kappa shape index (κ1) is 17.8. The quantitative estimate of drug-likeness (QED) is 0.743. The Morgan fingerprint density at radius 3 is 2.32 bits per heavy atom. The third-order valence-electron chi connectivity index (χ3n) is 4.85. The number of benzene rings is 2. The first-order chi connectivity index (χ1) is 12.0. The van der Waals surface area contributed by atoms with Crippen molar-refractivity contribution in [2.75, 3.05) is 0 Å². The molecule has 0 aromatic heterocycles. The Hall–Kier alpha value is -1.98. The predicted molar refractivity (Wildman–Crippen MR) is 97.5 cm³/mol. The fraction of sp³-hybridized carbons (Fsp3) is 0.350. The molecule has 5 heteroatoms. The Kier molecular flexibility index (Phi) is 5.35. The lowest BCUT2D eigenvalue weighted by atomic mass is 10.1. The van der Waals surface area contributed by atoms with Gasteiger partial charge in [-0.2, -0.15) is 4.31 Å². The summed E-state index contributed by atoms with van der Waals surface area (Å²) in [6, 6.07) is 16.4. The molecule has 0 bridgehead atoms. The van der Waals surface area contributed by atoms with E-state index >= 15 is 0 Å². The number of aryl methyl sites for hydroxylation is 1. The highest BCUT2D eigenvalue weighted by Gasteiger charge is 2.36. The zero-order valence-corrected chi connectivity index (χ0v) is 15.2. The van der Waals surface area contributed by atoms with Crippen molar-refractivity contribution in [2.45, 2.75) is 43.7 Å². The fourth-order valence-corrected chi connectivity index (χ4v) is 5.05. The Balaban J connectivity index is 1.95. The monoisotopic (exact) mass is 357 g/mol. The van der Waals surface area contributed by atoms with E-state index in [-0.39, 0.29) is 12.0 Å². The lowest BCUT2D eigenvalue weighted by molar-refractivity contribution is -0.111. The highest BCUT2D eigenvalue weighted by molar-refractivity contribution is 7.89. The second-order valence-corrected chi connectivity index (χ2v) is 8.60. The van der Waals surface area contributed by atoms with E-state index in [2.05, 4.69) is 0 Å². The molecular weight excluding hydrogens is 334 g/mol. The normalized spacial score (nSPS) is 20.7. The van der Waals surface area contributed by atoms with E-state index in [4.69, 9.17) is 0 Å². The van der Waals surface area contributed by atoms with E-state index in [0.29, 0.717) is 17.9 Å². The second-order valence-electron chi connectivity index (χ2n) is 6.71. The van der Waals surface area contributed by atoms with Crippen molar-refractivity contribution in [3.05, 3.63) is 65.7 Å². The molecule has 0 radical (unpaired) electrons. The number of hydrogen-bond acceptors (Lipinski definition) is 3. The van der Waals surface area contributed by atoms with E-state index in [9.17, 15) is 13.2 Å². The summed E-state index contributed by atoms with van der Waals surface area (Å²) in [4.78, 5) is 11.4. The van der Waals surface area contributed by atoms with Gasteiger partial charge in [0.05, 0.1) is 4.90 Å². The van der Waals surface area contributed by atoms with Gasteiger partial charge in [-0.05, 0) is 43.9 Å². The van der Waals surface area contributed by atoms with Gasteiger partial charge in [0.2, 0.25) is 10.0 Å². The predicted octanol–water partition coefficient (Wildman–Crippen LogP) is 3.55. The van der Waals surface area contributed by atoms with Crippen LogP contribution in [0, 0.1) is 12.8 Å². The molecule has 1 aliphatic rings. The van der Waals surface area contributed by atoms with Gasteiger partial charge >= 0.3 is 0 Å². The van der Waals surface area contributed by atoms with Crippen LogP contribution in [0.1, 0.15) is 30.4 Å². The maximum absolute atomic E-state index is 13.3. The number of nitrogens with zero attached hydrogens (tertiary/aromatic N) is 1. The Morgan fingerprint density at radius 2 is 1.72 bits per heavy atom. The molecule has 3 rings (SSSR count). The SMILES string of the molecule is Cc1ccc(S(=O)(=O)N(Cc2ccccc2)[C@H]2CC[C@H](C=O)C2)cc1. The van der Waals surface area contributed by atoms with Gasteiger partial charge in [0.25, 0.3) is 0 Å². The summed E-state index contributed by atoms with van der Waals surface area (Å²) in [5, 5.41) is 0. The van der Waals surface area contributed by atoms with Crippen LogP contribution in [0.3, 0.4) is 0 Å². The van der Waals surface area contributed by atoms with Gasteiger partial charge in [0, 0.05) is 18.5 Å². The van der Waals surface area contributed by atoms with Crippen molar-refractivity contribution in [2.24, 2.45) is 5.92 Å². The first-order valence-electron chi connectivity index (χ1n) is 8.58. The zero-order chi connectivity index (χ0) is 17.9. The van der Waals surface area contributed by atoms with E-state index in [1.165, 1.54) is 0 Å². The molecule has 4 nitrogen and oxygen atoms in total. The van der Waals surface area contributed by atoms with Crippen LogP contribution in [0.4, 0.5) is 0 Å². The van der Waals surface area contributed by atoms with Crippen LogP contribution < -0.4 is 0 Å². The van der Waals surface area contributed by atoms with Crippen molar-refractivity contribution < 1.29 is 13.2 Å². The molecule has 0 amide bonds. The Labute approximate surface area is 149 Å². The van der Waals surface area contributed by atoms with Gasteiger partial charge in [0.1, 0.15) is 6.29 Å². The number of rotatable bonds is 6.